The SMILES string of the molecule is CC1(CNC(=O)c2ccc(F)cc2)CCCCC1. The second-order valence-corrected chi connectivity index (χ2v) is 5.56. The van der Waals surface area contributed by atoms with Crippen LogP contribution in [-0.4, -0.2) is 12.5 Å². The molecule has 1 amide bonds. The lowest BCUT2D eigenvalue weighted by molar-refractivity contribution is 0.0919. The molecule has 0 spiro atoms. The summed E-state index contributed by atoms with van der Waals surface area (Å²) in [4.78, 5) is 11.9. The summed E-state index contributed by atoms with van der Waals surface area (Å²) in [5.41, 5.74) is 0.754. The molecular weight excluding hydrogens is 229 g/mol. The highest BCUT2D eigenvalue weighted by Crippen LogP contribution is 2.34. The largest absolute Gasteiger partial charge is 0.351 e. The molecule has 0 saturated heterocycles. The van der Waals surface area contributed by atoms with Gasteiger partial charge in [-0.25, -0.2) is 4.39 Å². The maximum atomic E-state index is 12.8. The van der Waals surface area contributed by atoms with E-state index in [4.69, 9.17) is 0 Å². The first kappa shape index (κ1) is 13.1. The molecule has 1 N–H and O–H groups in total. The third-order valence-corrected chi connectivity index (χ3v) is 3.84. The van der Waals surface area contributed by atoms with Crippen molar-refractivity contribution in [3.63, 3.8) is 0 Å². The molecule has 0 unspecified atom stereocenters. The second-order valence-electron chi connectivity index (χ2n) is 5.56. The molecule has 0 radical (unpaired) electrons. The van der Waals surface area contributed by atoms with Crippen LogP contribution in [0.15, 0.2) is 24.3 Å². The number of rotatable bonds is 3. The van der Waals surface area contributed by atoms with Crippen LogP contribution in [0.3, 0.4) is 0 Å². The monoisotopic (exact) mass is 249 g/mol. The van der Waals surface area contributed by atoms with Gasteiger partial charge in [-0.2, -0.15) is 0 Å². The molecule has 0 heterocycles. The maximum Gasteiger partial charge on any atom is 0.251 e. The zero-order valence-electron chi connectivity index (χ0n) is 10.8. The average Bonchev–Trinajstić information content (AvgIpc) is 2.38. The number of hydrogen-bond acceptors (Lipinski definition) is 1. The van der Waals surface area contributed by atoms with Crippen LogP contribution in [0, 0.1) is 11.2 Å². The minimum Gasteiger partial charge on any atom is -0.351 e. The summed E-state index contributed by atoms with van der Waals surface area (Å²) in [7, 11) is 0. The van der Waals surface area contributed by atoms with E-state index < -0.39 is 0 Å². The Hall–Kier alpha value is -1.38. The molecular formula is C15H20FNO. The number of carbonyl (C=O) groups is 1. The van der Waals surface area contributed by atoms with Crippen LogP contribution < -0.4 is 5.32 Å². The Labute approximate surface area is 108 Å². The molecule has 2 nitrogen and oxygen atoms in total. The number of halogens is 1. The summed E-state index contributed by atoms with van der Waals surface area (Å²) in [6, 6.07) is 5.68. The molecule has 2 rings (SSSR count). The van der Waals surface area contributed by atoms with Crippen LogP contribution in [0.1, 0.15) is 49.4 Å². The Bertz CT molecular complexity index is 407. The van der Waals surface area contributed by atoms with Crippen LogP contribution in [0.25, 0.3) is 0 Å². The standard InChI is InChI=1S/C15H20FNO/c1-15(9-3-2-4-10-15)11-17-14(18)12-5-7-13(16)8-6-12/h5-8H,2-4,9-11H2,1H3,(H,17,18). The van der Waals surface area contributed by atoms with Crippen molar-refractivity contribution in [3.8, 4) is 0 Å². The predicted molar refractivity (Wildman–Crippen MR) is 69.9 cm³/mol. The van der Waals surface area contributed by atoms with E-state index in [1.54, 1.807) is 0 Å². The van der Waals surface area contributed by atoms with Crippen LogP contribution in [0.5, 0.6) is 0 Å². The molecule has 3 heteroatoms. The van der Waals surface area contributed by atoms with Crippen molar-refractivity contribution in [2.24, 2.45) is 5.41 Å². The first-order chi connectivity index (χ1) is 8.59. The van der Waals surface area contributed by atoms with Crippen LogP contribution in [0.4, 0.5) is 4.39 Å². The molecule has 1 aromatic rings. The number of benzene rings is 1. The number of carbonyl (C=O) groups excluding carboxylic acids is 1. The van der Waals surface area contributed by atoms with E-state index in [-0.39, 0.29) is 17.1 Å². The summed E-state index contributed by atoms with van der Waals surface area (Å²) in [5, 5.41) is 2.97. The van der Waals surface area contributed by atoms with Crippen molar-refractivity contribution in [3.05, 3.63) is 35.6 Å². The number of amides is 1. The quantitative estimate of drug-likeness (QED) is 0.872. The van der Waals surface area contributed by atoms with Crippen molar-refractivity contribution < 1.29 is 9.18 Å². The fraction of sp³-hybridized carbons (Fsp3) is 0.533. The zero-order valence-corrected chi connectivity index (χ0v) is 10.8. The molecule has 0 aromatic heterocycles. The van der Waals surface area contributed by atoms with Crippen LogP contribution in [0.2, 0.25) is 0 Å². The molecule has 1 saturated carbocycles. The first-order valence-corrected chi connectivity index (χ1v) is 6.63. The van der Waals surface area contributed by atoms with E-state index in [2.05, 4.69) is 12.2 Å². The Morgan fingerprint density at radius 1 is 1.22 bits per heavy atom. The van der Waals surface area contributed by atoms with Gasteiger partial charge in [0.2, 0.25) is 0 Å². The first-order valence-electron chi connectivity index (χ1n) is 6.63. The van der Waals surface area contributed by atoms with Gasteiger partial charge in [0.15, 0.2) is 0 Å². The van der Waals surface area contributed by atoms with Crippen LogP contribution in [-0.2, 0) is 0 Å². The van der Waals surface area contributed by atoms with Crippen molar-refractivity contribution in [1.29, 1.82) is 0 Å². The smallest absolute Gasteiger partial charge is 0.251 e. The van der Waals surface area contributed by atoms with Gasteiger partial charge in [-0.3, -0.25) is 4.79 Å². The van der Waals surface area contributed by atoms with E-state index >= 15 is 0 Å². The van der Waals surface area contributed by atoms with E-state index in [1.807, 2.05) is 0 Å². The van der Waals surface area contributed by atoms with Gasteiger partial charge >= 0.3 is 0 Å². The highest BCUT2D eigenvalue weighted by molar-refractivity contribution is 5.94. The lowest BCUT2D eigenvalue weighted by Crippen LogP contribution is -2.37. The minimum atomic E-state index is -0.314. The average molecular weight is 249 g/mol. The molecule has 1 aliphatic carbocycles. The van der Waals surface area contributed by atoms with Crippen molar-refractivity contribution >= 4 is 5.91 Å². The molecule has 0 bridgehead atoms. The van der Waals surface area contributed by atoms with E-state index in [0.717, 1.165) is 0 Å². The van der Waals surface area contributed by atoms with Gasteiger partial charge < -0.3 is 5.32 Å². The zero-order chi connectivity index (χ0) is 13.0. The minimum absolute atomic E-state index is 0.109. The Balaban J connectivity index is 1.89. The summed E-state index contributed by atoms with van der Waals surface area (Å²) in [6.45, 7) is 2.94. The summed E-state index contributed by atoms with van der Waals surface area (Å²) in [5.74, 6) is -0.424. The fourth-order valence-electron chi connectivity index (χ4n) is 2.58. The maximum absolute atomic E-state index is 12.8. The molecule has 1 aromatic carbocycles. The molecule has 18 heavy (non-hydrogen) atoms. The van der Waals surface area contributed by atoms with Crippen molar-refractivity contribution in [2.45, 2.75) is 39.0 Å². The lowest BCUT2D eigenvalue weighted by atomic mass is 9.76. The van der Waals surface area contributed by atoms with Gasteiger partial charge in [0.1, 0.15) is 5.82 Å². The molecule has 0 atom stereocenters. The third-order valence-electron chi connectivity index (χ3n) is 3.84. The van der Waals surface area contributed by atoms with E-state index in [0.29, 0.717) is 12.1 Å². The predicted octanol–water partition coefficient (Wildman–Crippen LogP) is 3.53. The van der Waals surface area contributed by atoms with Gasteiger partial charge in [-0.05, 0) is 42.5 Å². The number of nitrogens with one attached hydrogen (secondary N) is 1. The summed E-state index contributed by atoms with van der Waals surface area (Å²) >= 11 is 0. The molecule has 1 aliphatic rings. The van der Waals surface area contributed by atoms with E-state index in [1.165, 1.54) is 56.4 Å². The Morgan fingerprint density at radius 3 is 2.44 bits per heavy atom. The molecule has 0 aliphatic heterocycles. The summed E-state index contributed by atoms with van der Waals surface area (Å²) in [6.07, 6.45) is 6.17. The van der Waals surface area contributed by atoms with Gasteiger partial charge in [0, 0.05) is 12.1 Å². The van der Waals surface area contributed by atoms with Gasteiger partial charge in [-0.1, -0.05) is 26.2 Å². The highest BCUT2D eigenvalue weighted by atomic mass is 19.1. The fourth-order valence-corrected chi connectivity index (χ4v) is 2.58. The molecule has 1 fully saturated rings. The normalized spacial score (nSPS) is 18.3. The van der Waals surface area contributed by atoms with E-state index in [9.17, 15) is 9.18 Å². The molecule has 98 valence electrons. The topological polar surface area (TPSA) is 29.1 Å². The Morgan fingerprint density at radius 2 is 1.83 bits per heavy atom. The summed E-state index contributed by atoms with van der Waals surface area (Å²) < 4.78 is 12.8. The van der Waals surface area contributed by atoms with Crippen LogP contribution >= 0.6 is 0 Å². The second kappa shape index (κ2) is 5.51. The third kappa shape index (κ3) is 3.31. The highest BCUT2D eigenvalue weighted by Gasteiger charge is 2.27. The van der Waals surface area contributed by atoms with Gasteiger partial charge in [-0.15, -0.1) is 0 Å². The Kier molecular flexibility index (Phi) is 4.00. The van der Waals surface area contributed by atoms with Gasteiger partial charge in [0.05, 0.1) is 0 Å². The van der Waals surface area contributed by atoms with Crippen molar-refractivity contribution in [2.75, 3.05) is 6.54 Å². The van der Waals surface area contributed by atoms with Crippen molar-refractivity contribution in [1.82, 2.24) is 5.32 Å². The van der Waals surface area contributed by atoms with Gasteiger partial charge in [0.25, 0.3) is 5.91 Å². The number of hydrogen-bond donors (Lipinski definition) is 1. The lowest BCUT2D eigenvalue weighted by Gasteiger charge is -2.33.